The minimum atomic E-state index is -0.540. The van der Waals surface area contributed by atoms with Gasteiger partial charge in [-0.25, -0.2) is 0 Å². The summed E-state index contributed by atoms with van der Waals surface area (Å²) in [5.74, 6) is 2.06. The number of nitrogens with one attached hydrogen (secondary N) is 2. The van der Waals surface area contributed by atoms with Crippen molar-refractivity contribution < 1.29 is 14.3 Å². The quantitative estimate of drug-likeness (QED) is 0.393. The highest BCUT2D eigenvalue weighted by Crippen LogP contribution is 2.23. The Balaban J connectivity index is 2.43. The molecule has 1 saturated heterocycles. The number of carbonyl (C=O) groups excluding carboxylic acids is 2. The van der Waals surface area contributed by atoms with Gasteiger partial charge in [0.05, 0.1) is 18.7 Å². The zero-order valence-corrected chi connectivity index (χ0v) is 15.5. The fourth-order valence-electron chi connectivity index (χ4n) is 2.74. The van der Waals surface area contributed by atoms with E-state index in [2.05, 4.69) is 22.6 Å². The second kappa shape index (κ2) is 9.41. The monoisotopic (exact) mass is 348 g/mol. The molecule has 7 nitrogen and oxygen atoms in total. The van der Waals surface area contributed by atoms with Crippen LogP contribution >= 0.6 is 0 Å². The number of likely N-dealkylation sites (N-methyl/N-ethyl adjacent to an activating group) is 1. The number of likely N-dealkylation sites (tertiary alicyclic amines) is 1. The molecule has 1 unspecified atom stereocenters. The zero-order valence-electron chi connectivity index (χ0n) is 15.5. The van der Waals surface area contributed by atoms with E-state index >= 15 is 0 Å². The first-order chi connectivity index (χ1) is 11.7. The van der Waals surface area contributed by atoms with Crippen LogP contribution in [0.4, 0.5) is 0 Å². The highest BCUT2D eigenvalue weighted by Gasteiger charge is 2.35. The van der Waals surface area contributed by atoms with Crippen LogP contribution in [0.1, 0.15) is 40.0 Å². The molecule has 0 spiro atoms. The number of carbonyl (C=O) groups is 2. The molecule has 1 heterocycles. The molecular formula is C18H28N4O3. The summed E-state index contributed by atoms with van der Waals surface area (Å²) in [7, 11) is 1.69. The third kappa shape index (κ3) is 6.38. The molecule has 2 N–H and O–H groups in total. The van der Waals surface area contributed by atoms with Crippen LogP contribution in [0.5, 0.6) is 0 Å². The van der Waals surface area contributed by atoms with Gasteiger partial charge >= 0.3 is 5.97 Å². The maximum atomic E-state index is 12.3. The molecule has 1 fully saturated rings. The van der Waals surface area contributed by atoms with Crippen LogP contribution in [-0.2, 0) is 14.3 Å². The molecule has 25 heavy (non-hydrogen) atoms. The van der Waals surface area contributed by atoms with E-state index in [0.717, 1.165) is 0 Å². The van der Waals surface area contributed by atoms with Crippen molar-refractivity contribution in [2.24, 2.45) is 0 Å². The number of esters is 1. The summed E-state index contributed by atoms with van der Waals surface area (Å²) < 4.78 is 5.34. The Labute approximate surface area is 150 Å². The molecule has 7 heteroatoms. The molecule has 0 radical (unpaired) electrons. The molecule has 1 rings (SSSR count). The van der Waals surface area contributed by atoms with Crippen molar-refractivity contribution in [2.45, 2.75) is 63.8 Å². The minimum absolute atomic E-state index is 0.0844. The van der Waals surface area contributed by atoms with Crippen molar-refractivity contribution in [2.75, 3.05) is 20.1 Å². The number of nitriles is 1. The first-order valence-corrected chi connectivity index (χ1v) is 8.51. The molecular weight excluding hydrogens is 320 g/mol. The lowest BCUT2D eigenvalue weighted by molar-refractivity contribution is -0.157. The van der Waals surface area contributed by atoms with Gasteiger partial charge in [0.1, 0.15) is 17.7 Å². The first-order valence-electron chi connectivity index (χ1n) is 8.51. The third-order valence-corrected chi connectivity index (χ3v) is 3.94. The molecule has 0 aromatic rings. The zero-order chi connectivity index (χ0) is 19.0. The maximum Gasteiger partial charge on any atom is 0.323 e. The van der Waals surface area contributed by atoms with Crippen molar-refractivity contribution >= 4 is 11.9 Å². The lowest BCUT2D eigenvalue weighted by Crippen LogP contribution is -2.46. The molecule has 1 amide bonds. The Kier molecular flexibility index (Phi) is 7.89. The van der Waals surface area contributed by atoms with Gasteiger partial charge in [-0.3, -0.25) is 9.59 Å². The number of ether oxygens (including phenoxy) is 1. The predicted molar refractivity (Wildman–Crippen MR) is 94.3 cm³/mol. The summed E-state index contributed by atoms with van der Waals surface area (Å²) in [6, 6.07) is 0.908. The van der Waals surface area contributed by atoms with E-state index in [4.69, 9.17) is 16.4 Å². The summed E-state index contributed by atoms with van der Waals surface area (Å²) >= 11 is 0. The smallest absolute Gasteiger partial charge is 0.323 e. The van der Waals surface area contributed by atoms with Crippen LogP contribution in [0.15, 0.2) is 0 Å². The van der Waals surface area contributed by atoms with Gasteiger partial charge in [-0.2, -0.15) is 5.26 Å². The Hall–Kier alpha value is -2.09. The standard InChI is InChI=1S/C18H28N4O3/c1-6-13-7-8-14(11-19)22(13)16(23)12-21-10-9-15(20-5)17(24)25-18(2,3)4/h1,13-15,20-21H,7-10,12H2,2-5H3/t13-,14-,15?/m0/s1. The highest BCUT2D eigenvalue weighted by molar-refractivity contribution is 5.80. The molecule has 1 aliphatic rings. The van der Waals surface area contributed by atoms with Gasteiger partial charge in [0, 0.05) is 0 Å². The molecule has 1 aliphatic heterocycles. The van der Waals surface area contributed by atoms with Crippen molar-refractivity contribution in [1.29, 1.82) is 5.26 Å². The van der Waals surface area contributed by atoms with E-state index < -0.39 is 17.7 Å². The van der Waals surface area contributed by atoms with Gasteiger partial charge in [-0.15, -0.1) is 6.42 Å². The summed E-state index contributed by atoms with van der Waals surface area (Å²) in [5.41, 5.74) is -0.540. The molecule has 0 saturated carbocycles. The predicted octanol–water partition coefficient (Wildman–Crippen LogP) is 0.412. The van der Waals surface area contributed by atoms with E-state index in [0.29, 0.717) is 25.8 Å². The molecule has 0 aromatic carbocycles. The number of nitrogens with zero attached hydrogens (tertiary/aromatic N) is 2. The van der Waals surface area contributed by atoms with Gasteiger partial charge in [0.2, 0.25) is 5.91 Å². The maximum absolute atomic E-state index is 12.3. The largest absolute Gasteiger partial charge is 0.459 e. The van der Waals surface area contributed by atoms with Crippen LogP contribution in [0, 0.1) is 23.7 Å². The number of hydrogen-bond acceptors (Lipinski definition) is 6. The van der Waals surface area contributed by atoms with Gasteiger partial charge < -0.3 is 20.3 Å². The average molecular weight is 348 g/mol. The topological polar surface area (TPSA) is 94.5 Å². The molecule has 0 bridgehead atoms. The fraction of sp³-hybridized carbons (Fsp3) is 0.722. The van der Waals surface area contributed by atoms with Crippen molar-refractivity contribution in [3.8, 4) is 18.4 Å². The summed E-state index contributed by atoms with van der Waals surface area (Å²) in [4.78, 5) is 25.9. The van der Waals surface area contributed by atoms with Crippen molar-refractivity contribution in [1.82, 2.24) is 15.5 Å². The van der Waals surface area contributed by atoms with Crippen LogP contribution in [-0.4, -0.2) is 60.6 Å². The Morgan fingerprint density at radius 3 is 2.52 bits per heavy atom. The minimum Gasteiger partial charge on any atom is -0.459 e. The van der Waals surface area contributed by atoms with E-state index in [1.165, 1.54) is 4.90 Å². The Morgan fingerprint density at radius 2 is 2.00 bits per heavy atom. The van der Waals surface area contributed by atoms with E-state index in [1.807, 2.05) is 20.8 Å². The van der Waals surface area contributed by atoms with Crippen molar-refractivity contribution in [3.05, 3.63) is 0 Å². The van der Waals surface area contributed by atoms with Crippen LogP contribution in [0.3, 0.4) is 0 Å². The molecule has 0 aromatic heterocycles. The van der Waals surface area contributed by atoms with E-state index in [1.54, 1.807) is 7.05 Å². The van der Waals surface area contributed by atoms with Crippen molar-refractivity contribution in [3.63, 3.8) is 0 Å². The highest BCUT2D eigenvalue weighted by atomic mass is 16.6. The second-order valence-electron chi connectivity index (χ2n) is 7.05. The summed E-state index contributed by atoms with van der Waals surface area (Å²) in [6.45, 7) is 6.00. The van der Waals surface area contributed by atoms with E-state index in [9.17, 15) is 9.59 Å². The van der Waals surface area contributed by atoms with Gasteiger partial charge in [-0.1, -0.05) is 5.92 Å². The Morgan fingerprint density at radius 1 is 1.36 bits per heavy atom. The number of terminal acetylenes is 1. The lowest BCUT2D eigenvalue weighted by atomic mass is 10.1. The van der Waals surface area contributed by atoms with Gasteiger partial charge in [0.25, 0.3) is 0 Å². The third-order valence-electron chi connectivity index (χ3n) is 3.94. The lowest BCUT2D eigenvalue weighted by Gasteiger charge is -2.25. The number of amides is 1. The number of rotatable bonds is 7. The summed E-state index contributed by atoms with van der Waals surface area (Å²) in [5, 5.41) is 15.1. The fourth-order valence-corrected chi connectivity index (χ4v) is 2.74. The average Bonchev–Trinajstić information content (AvgIpc) is 2.96. The van der Waals surface area contributed by atoms with E-state index in [-0.39, 0.29) is 24.5 Å². The van der Waals surface area contributed by atoms with Gasteiger partial charge in [-0.05, 0) is 53.6 Å². The molecule has 138 valence electrons. The Bertz CT molecular complexity index is 534. The van der Waals surface area contributed by atoms with Gasteiger partial charge in [0.15, 0.2) is 0 Å². The normalized spacial score (nSPS) is 21.3. The number of hydrogen-bond donors (Lipinski definition) is 2. The van der Waals surface area contributed by atoms with Crippen LogP contribution < -0.4 is 10.6 Å². The SMILES string of the molecule is C#C[C@H]1CC[C@@H](C#N)N1C(=O)CNCCC(NC)C(=O)OC(C)(C)C. The summed E-state index contributed by atoms with van der Waals surface area (Å²) in [6.07, 6.45) is 7.19. The first kappa shape index (κ1) is 21.0. The van der Waals surface area contributed by atoms with Crippen LogP contribution in [0.25, 0.3) is 0 Å². The molecule has 0 aliphatic carbocycles. The second-order valence-corrected chi connectivity index (χ2v) is 7.05. The molecule has 3 atom stereocenters. The van der Waals surface area contributed by atoms with Crippen LogP contribution in [0.2, 0.25) is 0 Å².